The molecule has 8 nitrogen and oxygen atoms in total. The van der Waals surface area contributed by atoms with E-state index >= 15 is 0 Å². The summed E-state index contributed by atoms with van der Waals surface area (Å²) in [5, 5.41) is 0. The molecule has 1 amide bonds. The van der Waals surface area contributed by atoms with E-state index < -0.39 is 22.8 Å². The maximum Gasteiger partial charge on any atom is 0.253 e. The lowest BCUT2D eigenvalue weighted by molar-refractivity contribution is -0.123. The SMILES string of the molecule is Cc1ccc(CN2CCCC(C(N)=O)C2)cc1-c1ccc2c(n1)N(C)S(O)(O)N2CC1CC1(F)F. The Morgan fingerprint density at radius 1 is 1.29 bits per heavy atom. The molecule has 3 heterocycles. The van der Waals surface area contributed by atoms with Crippen molar-refractivity contribution in [3.05, 3.63) is 41.5 Å². The highest BCUT2D eigenvalue weighted by Gasteiger charge is 2.59. The molecule has 1 aromatic carbocycles. The number of amides is 1. The van der Waals surface area contributed by atoms with Gasteiger partial charge >= 0.3 is 0 Å². The minimum absolute atomic E-state index is 0.124. The summed E-state index contributed by atoms with van der Waals surface area (Å²) in [6, 6.07) is 9.66. The number of benzene rings is 1. The van der Waals surface area contributed by atoms with Crippen LogP contribution in [0, 0.1) is 18.8 Å². The van der Waals surface area contributed by atoms with Crippen LogP contribution in [0.3, 0.4) is 0 Å². The van der Waals surface area contributed by atoms with E-state index in [0.29, 0.717) is 30.3 Å². The van der Waals surface area contributed by atoms with Crippen molar-refractivity contribution in [3.8, 4) is 11.3 Å². The van der Waals surface area contributed by atoms with E-state index in [0.717, 1.165) is 36.1 Å². The van der Waals surface area contributed by atoms with Crippen LogP contribution in [-0.4, -0.2) is 57.5 Å². The van der Waals surface area contributed by atoms with Crippen LogP contribution in [0.25, 0.3) is 11.3 Å². The zero-order chi connectivity index (χ0) is 25.1. The topological polar surface area (TPSA) is 106 Å². The second kappa shape index (κ2) is 8.58. The van der Waals surface area contributed by atoms with Gasteiger partial charge in [0.2, 0.25) is 5.91 Å². The molecule has 0 radical (unpaired) electrons. The summed E-state index contributed by atoms with van der Waals surface area (Å²) in [7, 11) is -1.93. The Morgan fingerprint density at radius 3 is 2.71 bits per heavy atom. The molecule has 2 atom stereocenters. The van der Waals surface area contributed by atoms with E-state index in [1.807, 2.05) is 13.0 Å². The molecule has 1 saturated heterocycles. The number of anilines is 2. The van der Waals surface area contributed by atoms with E-state index in [4.69, 9.17) is 10.7 Å². The number of primary amides is 1. The summed E-state index contributed by atoms with van der Waals surface area (Å²) in [4.78, 5) is 18.6. The summed E-state index contributed by atoms with van der Waals surface area (Å²) >= 11 is 0. The van der Waals surface area contributed by atoms with Crippen LogP contribution in [-0.2, 0) is 11.3 Å². The van der Waals surface area contributed by atoms with Crippen LogP contribution in [0.4, 0.5) is 20.3 Å². The predicted octanol–water partition coefficient (Wildman–Crippen LogP) is 4.25. The molecule has 0 spiro atoms. The quantitative estimate of drug-likeness (QED) is 0.537. The van der Waals surface area contributed by atoms with Crippen molar-refractivity contribution in [2.24, 2.45) is 17.6 Å². The first-order valence-corrected chi connectivity index (χ1v) is 13.2. The van der Waals surface area contributed by atoms with Crippen LogP contribution >= 0.6 is 11.0 Å². The number of aryl methyl sites for hydroxylation is 1. The minimum Gasteiger partial charge on any atom is -0.369 e. The third kappa shape index (κ3) is 4.46. The number of piperidine rings is 1. The van der Waals surface area contributed by atoms with E-state index in [2.05, 4.69) is 17.0 Å². The molecule has 2 unspecified atom stereocenters. The molecule has 2 fully saturated rings. The predicted molar refractivity (Wildman–Crippen MR) is 133 cm³/mol. The fourth-order valence-electron chi connectivity index (χ4n) is 5.01. The van der Waals surface area contributed by atoms with Gasteiger partial charge in [0.25, 0.3) is 5.92 Å². The molecule has 11 heteroatoms. The van der Waals surface area contributed by atoms with Crippen LogP contribution in [0.5, 0.6) is 0 Å². The second-order valence-corrected chi connectivity index (χ2v) is 11.8. The molecule has 1 aromatic heterocycles. The molecule has 5 rings (SSSR count). The van der Waals surface area contributed by atoms with Crippen LogP contribution in [0.1, 0.15) is 30.4 Å². The number of hydrogen-bond donors (Lipinski definition) is 3. The van der Waals surface area contributed by atoms with Gasteiger partial charge < -0.3 is 5.73 Å². The molecule has 0 bridgehead atoms. The van der Waals surface area contributed by atoms with Gasteiger partial charge in [0.15, 0.2) is 5.82 Å². The minimum atomic E-state index is -3.45. The lowest BCUT2D eigenvalue weighted by Gasteiger charge is -2.41. The molecule has 1 saturated carbocycles. The Bertz CT molecular complexity index is 1160. The fourth-order valence-corrected chi connectivity index (χ4v) is 6.46. The van der Waals surface area contributed by atoms with Crippen LogP contribution in [0.15, 0.2) is 30.3 Å². The first-order chi connectivity index (χ1) is 16.5. The van der Waals surface area contributed by atoms with Crippen molar-refractivity contribution >= 4 is 28.4 Å². The number of aromatic nitrogens is 1. The zero-order valence-corrected chi connectivity index (χ0v) is 20.6. The zero-order valence-electron chi connectivity index (χ0n) is 19.8. The summed E-state index contributed by atoms with van der Waals surface area (Å²) in [5.74, 6) is -3.67. The van der Waals surface area contributed by atoms with Crippen molar-refractivity contribution in [2.75, 3.05) is 35.3 Å². The Morgan fingerprint density at radius 2 is 2.03 bits per heavy atom. The molecule has 190 valence electrons. The Hall–Kier alpha value is -2.47. The standard InChI is InChI=1S/C24H31F2N5O3S/c1-15-5-6-16(12-30-9-3-4-17(13-30)22(27)32)10-19(15)20-7-8-21-23(28-20)29(2)35(33,34)31(21)14-18-11-24(18,25)26/h5-8,10,17-18,33-34H,3-4,9,11-14H2,1-2H3,(H2,27,32). The number of pyridine rings is 1. The van der Waals surface area contributed by atoms with Crippen molar-refractivity contribution in [3.63, 3.8) is 0 Å². The van der Waals surface area contributed by atoms with E-state index in [1.54, 1.807) is 12.1 Å². The number of likely N-dealkylation sites (tertiary alicyclic amines) is 1. The van der Waals surface area contributed by atoms with E-state index in [1.165, 1.54) is 15.7 Å². The van der Waals surface area contributed by atoms with Gasteiger partial charge in [0.05, 0.1) is 11.6 Å². The van der Waals surface area contributed by atoms with Gasteiger partial charge in [-0.1, -0.05) is 12.1 Å². The second-order valence-electron chi connectivity index (χ2n) is 9.88. The smallest absolute Gasteiger partial charge is 0.253 e. The van der Waals surface area contributed by atoms with Gasteiger partial charge in [-0.15, -0.1) is 0 Å². The number of fused-ring (bicyclic) bond motifs is 1. The largest absolute Gasteiger partial charge is 0.369 e. The fraction of sp³-hybridized carbons (Fsp3) is 0.500. The highest BCUT2D eigenvalue weighted by Crippen LogP contribution is 2.62. The first kappa shape index (κ1) is 24.2. The number of halogens is 2. The summed E-state index contributed by atoms with van der Waals surface area (Å²) in [6.45, 7) is 4.09. The average Bonchev–Trinajstić information content (AvgIpc) is 3.38. The highest BCUT2D eigenvalue weighted by molar-refractivity contribution is 8.26. The van der Waals surface area contributed by atoms with Crippen molar-refractivity contribution in [2.45, 2.75) is 38.7 Å². The number of alkyl halides is 2. The van der Waals surface area contributed by atoms with Crippen LogP contribution < -0.4 is 14.3 Å². The summed E-state index contributed by atoms with van der Waals surface area (Å²) < 4.78 is 51.1. The highest BCUT2D eigenvalue weighted by atomic mass is 32.3. The average molecular weight is 508 g/mol. The number of rotatable bonds is 6. The van der Waals surface area contributed by atoms with Gasteiger partial charge in [0.1, 0.15) is 5.69 Å². The van der Waals surface area contributed by atoms with Crippen molar-refractivity contribution < 1.29 is 22.7 Å². The Kier molecular flexibility index (Phi) is 5.94. The molecule has 2 aliphatic heterocycles. The lowest BCUT2D eigenvalue weighted by Crippen LogP contribution is -2.40. The van der Waals surface area contributed by atoms with Gasteiger partial charge in [-0.25, -0.2) is 22.4 Å². The molecular weight excluding hydrogens is 476 g/mol. The number of nitrogens with two attached hydrogens (primary N) is 1. The third-order valence-corrected chi connectivity index (χ3v) is 9.16. The van der Waals surface area contributed by atoms with Crippen molar-refractivity contribution in [1.29, 1.82) is 0 Å². The normalized spacial score (nSPS) is 25.9. The third-order valence-electron chi connectivity index (χ3n) is 7.32. The molecule has 35 heavy (non-hydrogen) atoms. The van der Waals surface area contributed by atoms with E-state index in [9.17, 15) is 22.7 Å². The van der Waals surface area contributed by atoms with Gasteiger partial charge in [-0.3, -0.25) is 18.8 Å². The van der Waals surface area contributed by atoms with Gasteiger partial charge in [-0.05, 0) is 66.6 Å². The first-order valence-electron chi connectivity index (χ1n) is 11.8. The Labute approximate surface area is 205 Å². The molecule has 1 aliphatic carbocycles. The lowest BCUT2D eigenvalue weighted by atomic mass is 9.96. The Balaban J connectivity index is 1.40. The monoisotopic (exact) mass is 507 g/mol. The molecule has 3 aliphatic rings. The van der Waals surface area contributed by atoms with Gasteiger partial charge in [-0.2, -0.15) is 0 Å². The van der Waals surface area contributed by atoms with Gasteiger partial charge in [0, 0.05) is 44.6 Å². The maximum absolute atomic E-state index is 13.5. The molecule has 4 N–H and O–H groups in total. The summed E-state index contributed by atoms with van der Waals surface area (Å²) in [6.07, 6.45) is 1.51. The van der Waals surface area contributed by atoms with Crippen LogP contribution in [0.2, 0.25) is 0 Å². The number of nitrogens with zero attached hydrogens (tertiary/aromatic N) is 4. The number of carbonyl (C=O) groups is 1. The van der Waals surface area contributed by atoms with Crippen molar-refractivity contribution in [1.82, 2.24) is 9.88 Å². The molecule has 2 aromatic rings. The molecular formula is C24H31F2N5O3S. The van der Waals surface area contributed by atoms with E-state index in [-0.39, 0.29) is 24.8 Å². The summed E-state index contributed by atoms with van der Waals surface area (Å²) in [5.41, 5.74) is 9.62. The number of hydrogen-bond acceptors (Lipinski definition) is 7. The number of carbonyl (C=O) groups excluding carboxylic acids is 1. The maximum atomic E-state index is 13.5.